The van der Waals surface area contributed by atoms with E-state index in [1.54, 1.807) is 18.2 Å². The molecule has 3 heteroatoms. The van der Waals surface area contributed by atoms with Gasteiger partial charge in [-0.1, -0.05) is 103 Å². The molecule has 4 rings (SSSR count). The van der Waals surface area contributed by atoms with Gasteiger partial charge < -0.3 is 0 Å². The molecule has 0 radical (unpaired) electrons. The molecular formula is C25H20O2S. The van der Waals surface area contributed by atoms with E-state index in [1.807, 2.05) is 97.1 Å². The largest absolute Gasteiger partial charge is 0.223 e. The molecule has 1 unspecified atom stereocenters. The van der Waals surface area contributed by atoms with Crippen molar-refractivity contribution in [1.29, 1.82) is 0 Å². The smallest absolute Gasteiger partial charge is 0.188 e. The fraction of sp³-hybridized carbons (Fsp3) is 0.0400. The molecule has 0 aliphatic heterocycles. The van der Waals surface area contributed by atoms with E-state index < -0.39 is 15.1 Å². The Labute approximate surface area is 165 Å². The predicted molar refractivity (Wildman–Crippen MR) is 116 cm³/mol. The fourth-order valence-corrected chi connectivity index (χ4v) is 4.93. The maximum Gasteiger partial charge on any atom is 0.188 e. The van der Waals surface area contributed by atoms with Crippen LogP contribution in [0.2, 0.25) is 0 Å². The molecule has 0 spiro atoms. The second kappa shape index (κ2) is 7.83. The Morgan fingerprint density at radius 1 is 0.643 bits per heavy atom. The molecule has 0 N–H and O–H groups in total. The zero-order valence-corrected chi connectivity index (χ0v) is 16.1. The predicted octanol–water partition coefficient (Wildman–Crippen LogP) is 6.07. The lowest BCUT2D eigenvalue weighted by atomic mass is 10.1. The molecule has 28 heavy (non-hydrogen) atoms. The van der Waals surface area contributed by atoms with Crippen molar-refractivity contribution in [3.8, 4) is 0 Å². The van der Waals surface area contributed by atoms with E-state index in [2.05, 4.69) is 0 Å². The summed E-state index contributed by atoms with van der Waals surface area (Å²) in [5.74, 6) is 0. The van der Waals surface area contributed by atoms with Gasteiger partial charge >= 0.3 is 0 Å². The lowest BCUT2D eigenvalue weighted by Crippen LogP contribution is -2.12. The first-order valence-corrected chi connectivity index (χ1v) is 10.7. The van der Waals surface area contributed by atoms with Crippen LogP contribution in [-0.2, 0) is 9.84 Å². The first kappa shape index (κ1) is 18.2. The first-order valence-electron chi connectivity index (χ1n) is 9.15. The van der Waals surface area contributed by atoms with Crippen LogP contribution in [0, 0.1) is 0 Å². The Bertz CT molecular complexity index is 1210. The molecule has 0 aliphatic rings. The topological polar surface area (TPSA) is 34.1 Å². The average molecular weight is 385 g/mol. The minimum absolute atomic E-state index is 0.331. The molecule has 2 nitrogen and oxygen atoms in total. The molecular weight excluding hydrogens is 364 g/mol. The van der Waals surface area contributed by atoms with Gasteiger partial charge in [-0.2, -0.15) is 0 Å². The molecule has 0 aromatic heterocycles. The Balaban J connectivity index is 1.81. The van der Waals surface area contributed by atoms with Crippen molar-refractivity contribution in [2.45, 2.75) is 10.1 Å². The van der Waals surface area contributed by atoms with Crippen molar-refractivity contribution < 1.29 is 8.42 Å². The van der Waals surface area contributed by atoms with Crippen LogP contribution < -0.4 is 0 Å². The zero-order chi connectivity index (χ0) is 19.4. The van der Waals surface area contributed by atoms with Gasteiger partial charge in [-0.3, -0.25) is 0 Å². The molecule has 138 valence electrons. The lowest BCUT2D eigenvalue weighted by Gasteiger charge is -2.15. The summed E-state index contributed by atoms with van der Waals surface area (Å²) in [5.41, 5.74) is 1.72. The van der Waals surface area contributed by atoms with Crippen LogP contribution in [0.4, 0.5) is 0 Å². The van der Waals surface area contributed by atoms with Crippen LogP contribution in [0.15, 0.2) is 114 Å². The number of rotatable bonds is 5. The van der Waals surface area contributed by atoms with Crippen LogP contribution in [0.1, 0.15) is 16.4 Å². The Morgan fingerprint density at radius 3 is 1.96 bits per heavy atom. The average Bonchev–Trinajstić information content (AvgIpc) is 2.75. The van der Waals surface area contributed by atoms with Crippen molar-refractivity contribution in [2.75, 3.05) is 0 Å². The number of hydrogen-bond acceptors (Lipinski definition) is 2. The van der Waals surface area contributed by atoms with Gasteiger partial charge in [0.25, 0.3) is 0 Å². The van der Waals surface area contributed by atoms with Crippen molar-refractivity contribution in [1.82, 2.24) is 0 Å². The highest BCUT2D eigenvalue weighted by Crippen LogP contribution is 2.32. The molecule has 0 bridgehead atoms. The van der Waals surface area contributed by atoms with E-state index in [0.29, 0.717) is 4.90 Å². The molecule has 0 aliphatic carbocycles. The summed E-state index contributed by atoms with van der Waals surface area (Å²) in [6, 6.07) is 32.2. The Kier molecular flexibility index (Phi) is 5.09. The van der Waals surface area contributed by atoms with Gasteiger partial charge in [-0.25, -0.2) is 8.42 Å². The second-order valence-electron chi connectivity index (χ2n) is 6.66. The highest BCUT2D eigenvalue weighted by Gasteiger charge is 2.27. The van der Waals surface area contributed by atoms with E-state index in [9.17, 15) is 8.42 Å². The molecule has 0 amide bonds. The molecule has 1 atom stereocenters. The maximum absolute atomic E-state index is 13.5. The summed E-state index contributed by atoms with van der Waals surface area (Å²) in [6.07, 6.45) is 3.64. The number of fused-ring (bicyclic) bond motifs is 1. The third kappa shape index (κ3) is 3.75. The summed E-state index contributed by atoms with van der Waals surface area (Å²) >= 11 is 0. The van der Waals surface area contributed by atoms with E-state index in [1.165, 1.54) is 0 Å². The molecule has 0 fully saturated rings. The van der Waals surface area contributed by atoms with Gasteiger partial charge in [0.05, 0.1) is 4.90 Å². The van der Waals surface area contributed by atoms with Crippen molar-refractivity contribution in [3.63, 3.8) is 0 Å². The summed E-state index contributed by atoms with van der Waals surface area (Å²) in [6.45, 7) is 0. The maximum atomic E-state index is 13.5. The van der Waals surface area contributed by atoms with E-state index in [-0.39, 0.29) is 0 Å². The molecule has 0 saturated heterocycles. The van der Waals surface area contributed by atoms with E-state index in [4.69, 9.17) is 0 Å². The minimum atomic E-state index is -3.60. The van der Waals surface area contributed by atoms with Gasteiger partial charge in [-0.05, 0) is 34.0 Å². The summed E-state index contributed by atoms with van der Waals surface area (Å²) in [5, 5.41) is 1.19. The van der Waals surface area contributed by atoms with Crippen LogP contribution >= 0.6 is 0 Å². The van der Waals surface area contributed by atoms with Crippen LogP contribution in [-0.4, -0.2) is 8.42 Å². The fourth-order valence-electron chi connectivity index (χ4n) is 3.29. The van der Waals surface area contributed by atoms with Gasteiger partial charge in [0.1, 0.15) is 5.25 Å². The SMILES string of the molecule is O=S(=O)(c1ccc2ccccc2c1)C(/C=C/c1ccccc1)c1ccccc1. The van der Waals surface area contributed by atoms with Crippen LogP contribution in [0.3, 0.4) is 0 Å². The molecule has 0 heterocycles. The van der Waals surface area contributed by atoms with Gasteiger partial charge in [-0.15, -0.1) is 0 Å². The normalized spacial score (nSPS) is 13.0. The van der Waals surface area contributed by atoms with Gasteiger partial charge in [0.2, 0.25) is 0 Å². The van der Waals surface area contributed by atoms with E-state index >= 15 is 0 Å². The van der Waals surface area contributed by atoms with Crippen molar-refractivity contribution in [3.05, 3.63) is 120 Å². The lowest BCUT2D eigenvalue weighted by molar-refractivity contribution is 0.590. The Hall–Kier alpha value is -3.17. The summed E-state index contributed by atoms with van der Waals surface area (Å²) < 4.78 is 27.1. The highest BCUT2D eigenvalue weighted by atomic mass is 32.2. The third-order valence-electron chi connectivity index (χ3n) is 4.77. The third-order valence-corrected chi connectivity index (χ3v) is 6.78. The van der Waals surface area contributed by atoms with Crippen molar-refractivity contribution in [2.24, 2.45) is 0 Å². The summed E-state index contributed by atoms with van der Waals surface area (Å²) in [7, 11) is -3.60. The Morgan fingerprint density at radius 2 is 1.25 bits per heavy atom. The number of hydrogen-bond donors (Lipinski definition) is 0. The van der Waals surface area contributed by atoms with Crippen molar-refractivity contribution >= 4 is 26.7 Å². The highest BCUT2D eigenvalue weighted by molar-refractivity contribution is 7.91. The monoisotopic (exact) mass is 384 g/mol. The molecule has 4 aromatic carbocycles. The van der Waals surface area contributed by atoms with E-state index in [0.717, 1.165) is 21.9 Å². The number of sulfone groups is 1. The van der Waals surface area contributed by atoms with Crippen LogP contribution in [0.25, 0.3) is 16.8 Å². The standard InChI is InChI=1S/C25H20O2S/c26-28(27,24-17-16-21-11-7-8-14-23(21)19-24)25(22-12-5-2-6-13-22)18-15-20-9-3-1-4-10-20/h1-19,25H/b18-15+. The minimum Gasteiger partial charge on any atom is -0.223 e. The molecule has 4 aromatic rings. The van der Waals surface area contributed by atoms with Crippen LogP contribution in [0.5, 0.6) is 0 Å². The zero-order valence-electron chi connectivity index (χ0n) is 15.3. The molecule has 0 saturated carbocycles. The quantitative estimate of drug-likeness (QED) is 0.419. The number of benzene rings is 4. The summed E-state index contributed by atoms with van der Waals surface area (Å²) in [4.78, 5) is 0.331. The second-order valence-corrected chi connectivity index (χ2v) is 8.72. The van der Waals surface area contributed by atoms with Gasteiger partial charge in [0, 0.05) is 0 Å². The van der Waals surface area contributed by atoms with Gasteiger partial charge in [0.15, 0.2) is 9.84 Å². The first-order chi connectivity index (χ1) is 13.6.